The summed E-state index contributed by atoms with van der Waals surface area (Å²) in [5.74, 6) is -7.91. The van der Waals surface area contributed by atoms with Crippen LogP contribution in [-0.4, -0.2) is 94.4 Å². The third-order valence-electron chi connectivity index (χ3n) is 7.32. The van der Waals surface area contributed by atoms with E-state index in [0.717, 1.165) is 5.56 Å². The van der Waals surface area contributed by atoms with E-state index in [9.17, 15) is 29.4 Å². The predicted molar refractivity (Wildman–Crippen MR) is 161 cm³/mol. The van der Waals surface area contributed by atoms with Crippen molar-refractivity contribution in [2.24, 2.45) is 0 Å². The summed E-state index contributed by atoms with van der Waals surface area (Å²) in [7, 11) is 0. The number of aliphatic hydroxyl groups is 1. The van der Waals surface area contributed by atoms with Gasteiger partial charge >= 0.3 is 17.7 Å². The number of carbonyl (C=O) groups excluding carboxylic acids is 3. The Labute approximate surface area is 261 Å². The average molecular weight is 634 g/mol. The number of esters is 1. The first-order chi connectivity index (χ1) is 20.9. The van der Waals surface area contributed by atoms with Crippen LogP contribution in [0.3, 0.4) is 0 Å². The van der Waals surface area contributed by atoms with Crippen LogP contribution in [0.25, 0.3) is 0 Å². The number of hydrogen-bond donors (Lipinski definition) is 3. The molecule has 3 rings (SSSR count). The Kier molecular flexibility index (Phi) is 12.0. The summed E-state index contributed by atoms with van der Waals surface area (Å²) >= 11 is 6.01. The van der Waals surface area contributed by atoms with Gasteiger partial charge in [-0.25, -0.2) is 9.59 Å². The number of amides is 2. The lowest BCUT2D eigenvalue weighted by atomic mass is 10.1. The SMILES string of the molecule is CCN(CC)C(=O)C(OC(=O)C1(C(=O)O)Oc2ccc(C[C@@H](C)NCC(O)c3cccc(Cl)c3)cc2O1)C(=O)N(CC)CC. The van der Waals surface area contributed by atoms with E-state index in [2.05, 4.69) is 5.32 Å². The van der Waals surface area contributed by atoms with E-state index in [1.165, 1.54) is 15.9 Å². The maximum atomic E-state index is 13.4. The van der Waals surface area contributed by atoms with Gasteiger partial charge in [0.15, 0.2) is 11.5 Å². The molecule has 0 radical (unpaired) electrons. The molecule has 0 saturated heterocycles. The Hall–Kier alpha value is -3.87. The van der Waals surface area contributed by atoms with E-state index < -0.39 is 41.7 Å². The van der Waals surface area contributed by atoms with Crippen molar-refractivity contribution in [2.45, 2.75) is 65.1 Å². The Morgan fingerprint density at radius 3 is 2.07 bits per heavy atom. The lowest BCUT2D eigenvalue weighted by Crippen LogP contribution is -2.59. The molecule has 0 bridgehead atoms. The summed E-state index contributed by atoms with van der Waals surface area (Å²) in [6, 6.07) is 11.5. The molecule has 2 aromatic carbocycles. The molecule has 0 aromatic heterocycles. The Bertz CT molecular complexity index is 1320. The first-order valence-corrected chi connectivity index (χ1v) is 15.0. The van der Waals surface area contributed by atoms with E-state index in [-0.39, 0.29) is 50.3 Å². The molecule has 2 amide bonds. The van der Waals surface area contributed by atoms with Crippen LogP contribution in [-0.2, 0) is 30.3 Å². The van der Waals surface area contributed by atoms with Gasteiger partial charge < -0.3 is 39.5 Å². The summed E-state index contributed by atoms with van der Waals surface area (Å²) in [5.41, 5.74) is 1.41. The third-order valence-corrected chi connectivity index (χ3v) is 7.56. The highest BCUT2D eigenvalue weighted by Gasteiger charge is 2.60. The van der Waals surface area contributed by atoms with Gasteiger partial charge in [-0.15, -0.1) is 0 Å². The van der Waals surface area contributed by atoms with Crippen LogP contribution < -0.4 is 14.8 Å². The van der Waals surface area contributed by atoms with Gasteiger partial charge in [0, 0.05) is 43.8 Å². The highest BCUT2D eigenvalue weighted by atomic mass is 35.5. The van der Waals surface area contributed by atoms with Crippen molar-refractivity contribution in [3.8, 4) is 11.5 Å². The van der Waals surface area contributed by atoms with Gasteiger partial charge in [0.05, 0.1) is 6.10 Å². The minimum absolute atomic E-state index is 0.0188. The Morgan fingerprint density at radius 1 is 0.932 bits per heavy atom. The van der Waals surface area contributed by atoms with Crippen molar-refractivity contribution in [1.82, 2.24) is 15.1 Å². The highest BCUT2D eigenvalue weighted by molar-refractivity contribution is 6.30. The van der Waals surface area contributed by atoms with Gasteiger partial charge in [-0.05, 0) is 76.4 Å². The van der Waals surface area contributed by atoms with Gasteiger partial charge in [-0.3, -0.25) is 9.59 Å². The summed E-state index contributed by atoms with van der Waals surface area (Å²) in [6.07, 6.45) is -2.23. The van der Waals surface area contributed by atoms with Crippen molar-refractivity contribution in [3.05, 3.63) is 58.6 Å². The van der Waals surface area contributed by atoms with Gasteiger partial charge in [0.2, 0.25) is 0 Å². The number of likely N-dealkylation sites (N-methyl/N-ethyl adjacent to an activating group) is 2. The second-order valence-electron chi connectivity index (χ2n) is 10.3. The van der Waals surface area contributed by atoms with Gasteiger partial charge in [0.1, 0.15) is 0 Å². The van der Waals surface area contributed by atoms with Crippen molar-refractivity contribution >= 4 is 35.4 Å². The zero-order valence-electron chi connectivity index (χ0n) is 25.5. The van der Waals surface area contributed by atoms with E-state index >= 15 is 0 Å². The number of carboxylic acid groups (broad SMARTS) is 1. The number of aliphatic hydroxyl groups excluding tert-OH is 1. The van der Waals surface area contributed by atoms with Crippen molar-refractivity contribution < 1.29 is 43.6 Å². The molecule has 1 aliphatic heterocycles. The van der Waals surface area contributed by atoms with Crippen LogP contribution in [0.15, 0.2) is 42.5 Å². The molecule has 3 atom stereocenters. The number of halogens is 1. The lowest BCUT2D eigenvalue weighted by molar-refractivity contribution is -0.205. The number of rotatable bonds is 15. The van der Waals surface area contributed by atoms with Crippen LogP contribution >= 0.6 is 11.6 Å². The maximum absolute atomic E-state index is 13.4. The summed E-state index contributed by atoms with van der Waals surface area (Å²) in [5, 5.41) is 24.3. The van der Waals surface area contributed by atoms with Gasteiger partial charge in [0.25, 0.3) is 17.9 Å². The minimum atomic E-state index is -2.96. The van der Waals surface area contributed by atoms with Crippen LogP contribution in [0.2, 0.25) is 5.02 Å². The Balaban J connectivity index is 1.75. The number of hydrogen-bond acceptors (Lipinski definition) is 9. The van der Waals surface area contributed by atoms with Crippen molar-refractivity contribution in [3.63, 3.8) is 0 Å². The molecule has 13 heteroatoms. The van der Waals surface area contributed by atoms with Gasteiger partial charge in [-0.2, -0.15) is 0 Å². The molecule has 1 heterocycles. The number of ether oxygens (including phenoxy) is 3. The highest BCUT2D eigenvalue weighted by Crippen LogP contribution is 2.41. The number of nitrogens with one attached hydrogen (secondary N) is 1. The monoisotopic (exact) mass is 633 g/mol. The second-order valence-corrected chi connectivity index (χ2v) is 10.7. The minimum Gasteiger partial charge on any atom is -0.475 e. The van der Waals surface area contributed by atoms with E-state index in [4.69, 9.17) is 25.8 Å². The smallest absolute Gasteiger partial charge is 0.453 e. The second kappa shape index (κ2) is 15.2. The third kappa shape index (κ3) is 7.79. The van der Waals surface area contributed by atoms with Crippen LogP contribution in [0.5, 0.6) is 11.5 Å². The number of benzene rings is 2. The fourth-order valence-electron chi connectivity index (χ4n) is 4.80. The molecule has 0 fully saturated rings. The molecule has 12 nitrogen and oxygen atoms in total. The molecular formula is C31H40ClN3O9. The van der Waals surface area contributed by atoms with Crippen molar-refractivity contribution in [2.75, 3.05) is 32.7 Å². The predicted octanol–water partition coefficient (Wildman–Crippen LogP) is 2.79. The van der Waals surface area contributed by atoms with Gasteiger partial charge in [-0.1, -0.05) is 29.8 Å². The lowest BCUT2D eigenvalue weighted by Gasteiger charge is -2.30. The van der Waals surface area contributed by atoms with E-state index in [0.29, 0.717) is 17.0 Å². The molecule has 240 valence electrons. The van der Waals surface area contributed by atoms with Crippen LogP contribution in [0, 0.1) is 0 Å². The average Bonchev–Trinajstić information content (AvgIpc) is 3.40. The molecule has 0 aliphatic carbocycles. The molecular weight excluding hydrogens is 594 g/mol. The first-order valence-electron chi connectivity index (χ1n) is 14.6. The van der Waals surface area contributed by atoms with Crippen LogP contribution in [0.4, 0.5) is 0 Å². The molecule has 0 spiro atoms. The topological polar surface area (TPSA) is 155 Å². The fourth-order valence-corrected chi connectivity index (χ4v) is 4.99. The molecule has 3 N–H and O–H groups in total. The number of carboxylic acids is 1. The van der Waals surface area contributed by atoms with Crippen molar-refractivity contribution in [1.29, 1.82) is 0 Å². The van der Waals surface area contributed by atoms with Crippen LogP contribution in [0.1, 0.15) is 51.8 Å². The van der Waals surface area contributed by atoms with E-state index in [1.807, 2.05) is 6.92 Å². The molecule has 2 aromatic rings. The number of nitrogens with zero attached hydrogens (tertiary/aromatic N) is 2. The summed E-state index contributed by atoms with van der Waals surface area (Å²) in [6.45, 7) is 9.96. The standard InChI is InChI=1S/C31H40ClN3O9/c1-6-34(7-2)27(37)26(28(38)35(8-3)9-4)42-30(41)31(29(39)40)43-24-14-13-20(16-25(24)44-31)15-19(5)33-18-23(36)21-11-10-12-22(32)17-21/h10-14,16-17,19,23,26,33,36H,6-9,15,18H2,1-5H3,(H,39,40)/t19-,23?,31?/m1/s1. The molecule has 1 aliphatic rings. The largest absolute Gasteiger partial charge is 0.475 e. The number of fused-ring (bicyclic) bond motifs is 1. The quantitative estimate of drug-likeness (QED) is 0.197. The summed E-state index contributed by atoms with van der Waals surface area (Å²) < 4.78 is 16.4. The Morgan fingerprint density at radius 2 is 1.52 bits per heavy atom. The maximum Gasteiger partial charge on any atom is 0.453 e. The summed E-state index contributed by atoms with van der Waals surface area (Å²) in [4.78, 5) is 54.9. The number of carbonyl (C=O) groups is 4. The zero-order chi connectivity index (χ0) is 32.6. The first kappa shape index (κ1) is 34.6. The normalized spacial score (nSPS) is 16.7. The molecule has 0 saturated carbocycles. The molecule has 2 unspecified atom stereocenters. The molecule has 44 heavy (non-hydrogen) atoms. The number of aliphatic carboxylic acids is 1. The fraction of sp³-hybridized carbons (Fsp3) is 0.484. The van der Waals surface area contributed by atoms with E-state index in [1.54, 1.807) is 64.1 Å². The zero-order valence-corrected chi connectivity index (χ0v) is 26.3.